The standard InChI is InChI=1S/C10H18F3N5/c1-3-7(9(2,16)4-5-14)18-8(15)17-6-10(11,12)13/h5,14H,3-4,6,16H2,1-2H3,(H2,15,17). The Morgan fingerprint density at radius 2 is 1.94 bits per heavy atom. The molecule has 1 unspecified atom stereocenters. The second kappa shape index (κ2) is 6.48. The molecule has 0 aromatic heterocycles. The van der Waals surface area contributed by atoms with Crippen LogP contribution in [0.15, 0.2) is 9.98 Å². The first-order valence-electron chi connectivity index (χ1n) is 5.35. The molecule has 0 saturated carbocycles. The number of nitrogens with zero attached hydrogens (tertiary/aromatic N) is 2. The first-order chi connectivity index (χ1) is 8.12. The highest BCUT2D eigenvalue weighted by molar-refractivity contribution is 6.02. The molecule has 0 radical (unpaired) electrons. The first kappa shape index (κ1) is 16.6. The number of rotatable bonds is 5. The molecular formula is C10H18F3N5. The van der Waals surface area contributed by atoms with Gasteiger partial charge in [-0.05, 0) is 19.6 Å². The molecule has 0 spiro atoms. The van der Waals surface area contributed by atoms with Gasteiger partial charge in [0.1, 0.15) is 6.54 Å². The van der Waals surface area contributed by atoms with Crippen molar-refractivity contribution in [2.24, 2.45) is 21.5 Å². The fourth-order valence-electron chi connectivity index (χ4n) is 1.28. The summed E-state index contributed by atoms with van der Waals surface area (Å²) in [6.07, 6.45) is -2.64. The molecule has 5 N–H and O–H groups in total. The highest BCUT2D eigenvalue weighted by atomic mass is 19.4. The van der Waals surface area contributed by atoms with Crippen molar-refractivity contribution in [2.75, 3.05) is 6.54 Å². The smallest absolute Gasteiger partial charge is 0.368 e. The molecule has 1 atom stereocenters. The summed E-state index contributed by atoms with van der Waals surface area (Å²) < 4.78 is 35.8. The van der Waals surface area contributed by atoms with Gasteiger partial charge in [-0.3, -0.25) is 0 Å². The number of halogens is 3. The van der Waals surface area contributed by atoms with Crippen LogP contribution in [0.1, 0.15) is 26.7 Å². The average Bonchev–Trinajstić information content (AvgIpc) is 2.21. The normalized spacial score (nSPS) is 17.4. The summed E-state index contributed by atoms with van der Waals surface area (Å²) in [4.78, 5) is 6.93. The van der Waals surface area contributed by atoms with Gasteiger partial charge >= 0.3 is 6.18 Å². The second-order valence-corrected chi connectivity index (χ2v) is 4.03. The zero-order valence-electron chi connectivity index (χ0n) is 10.4. The summed E-state index contributed by atoms with van der Waals surface area (Å²) >= 11 is 0. The molecule has 0 amide bonds. The van der Waals surface area contributed by atoms with E-state index in [2.05, 4.69) is 9.98 Å². The molecule has 104 valence electrons. The van der Waals surface area contributed by atoms with Gasteiger partial charge in [0.2, 0.25) is 5.96 Å². The van der Waals surface area contributed by atoms with Gasteiger partial charge in [0, 0.05) is 12.1 Å². The lowest BCUT2D eigenvalue weighted by atomic mass is 9.92. The van der Waals surface area contributed by atoms with E-state index in [0.717, 1.165) is 6.21 Å². The number of nitrogens with one attached hydrogen (secondary N) is 1. The van der Waals surface area contributed by atoms with E-state index in [1.165, 1.54) is 0 Å². The van der Waals surface area contributed by atoms with Crippen molar-refractivity contribution in [3.05, 3.63) is 0 Å². The topological polar surface area (TPSA) is 101 Å². The molecule has 0 rings (SSSR count). The molecule has 0 heterocycles. The number of hydrogen-bond acceptors (Lipinski definition) is 3. The van der Waals surface area contributed by atoms with E-state index in [1.807, 2.05) is 0 Å². The maximum absolute atomic E-state index is 11.9. The molecule has 0 aliphatic carbocycles. The van der Waals surface area contributed by atoms with Crippen molar-refractivity contribution < 1.29 is 13.2 Å². The Morgan fingerprint density at radius 1 is 1.39 bits per heavy atom. The van der Waals surface area contributed by atoms with E-state index in [1.54, 1.807) is 13.8 Å². The van der Waals surface area contributed by atoms with E-state index >= 15 is 0 Å². The molecular weight excluding hydrogens is 247 g/mol. The van der Waals surface area contributed by atoms with Gasteiger partial charge in [-0.2, -0.15) is 13.2 Å². The van der Waals surface area contributed by atoms with Gasteiger partial charge in [-0.15, -0.1) is 0 Å². The zero-order chi connectivity index (χ0) is 14.4. The minimum Gasteiger partial charge on any atom is -0.368 e. The Kier molecular flexibility index (Phi) is 5.96. The van der Waals surface area contributed by atoms with E-state index in [9.17, 15) is 13.2 Å². The third kappa shape index (κ3) is 6.33. The molecule has 18 heavy (non-hydrogen) atoms. The van der Waals surface area contributed by atoms with Gasteiger partial charge < -0.3 is 16.9 Å². The Bertz CT molecular complexity index is 344. The second-order valence-electron chi connectivity index (χ2n) is 4.03. The van der Waals surface area contributed by atoms with Crippen molar-refractivity contribution in [1.29, 1.82) is 5.41 Å². The molecule has 0 aliphatic rings. The third-order valence-corrected chi connectivity index (χ3v) is 2.19. The number of alkyl halides is 3. The van der Waals surface area contributed by atoms with E-state index < -0.39 is 24.2 Å². The van der Waals surface area contributed by atoms with Crippen molar-refractivity contribution in [3.8, 4) is 0 Å². The predicted molar refractivity (Wildman–Crippen MR) is 66.3 cm³/mol. The van der Waals surface area contributed by atoms with Crippen molar-refractivity contribution >= 4 is 17.9 Å². The van der Waals surface area contributed by atoms with Crippen LogP contribution < -0.4 is 11.5 Å². The van der Waals surface area contributed by atoms with Crippen LogP contribution in [0.5, 0.6) is 0 Å². The minimum atomic E-state index is -4.41. The SMILES string of the molecule is CCC(=NC(N)=NCC(F)(F)F)C(C)(N)CC=N. The van der Waals surface area contributed by atoms with Crippen LogP contribution in [0.2, 0.25) is 0 Å². The third-order valence-electron chi connectivity index (χ3n) is 2.19. The molecule has 0 aliphatic heterocycles. The Labute approximate surface area is 104 Å². The van der Waals surface area contributed by atoms with Crippen molar-refractivity contribution in [2.45, 2.75) is 38.4 Å². The molecule has 5 nitrogen and oxygen atoms in total. The Hall–Kier alpha value is -1.44. The first-order valence-corrected chi connectivity index (χ1v) is 5.35. The highest BCUT2D eigenvalue weighted by Crippen LogP contribution is 2.14. The quantitative estimate of drug-likeness (QED) is 0.518. The lowest BCUT2D eigenvalue weighted by Gasteiger charge is -2.24. The fraction of sp³-hybridized carbons (Fsp3) is 0.700. The Morgan fingerprint density at radius 3 is 2.33 bits per heavy atom. The van der Waals surface area contributed by atoms with Gasteiger partial charge in [0.15, 0.2) is 0 Å². The maximum atomic E-state index is 11.9. The largest absolute Gasteiger partial charge is 0.408 e. The van der Waals surface area contributed by atoms with Crippen LogP contribution in [-0.2, 0) is 0 Å². The van der Waals surface area contributed by atoms with Gasteiger partial charge in [0.05, 0.1) is 5.54 Å². The van der Waals surface area contributed by atoms with Crippen LogP contribution in [0, 0.1) is 5.41 Å². The summed E-state index contributed by atoms with van der Waals surface area (Å²) in [5, 5.41) is 7.00. The van der Waals surface area contributed by atoms with Gasteiger partial charge in [-0.1, -0.05) is 6.92 Å². The van der Waals surface area contributed by atoms with E-state index in [-0.39, 0.29) is 6.42 Å². The van der Waals surface area contributed by atoms with Gasteiger partial charge in [-0.25, -0.2) is 9.98 Å². The lowest BCUT2D eigenvalue weighted by Crippen LogP contribution is -2.45. The predicted octanol–water partition coefficient (Wildman–Crippen LogP) is 1.47. The monoisotopic (exact) mass is 265 g/mol. The van der Waals surface area contributed by atoms with Gasteiger partial charge in [0.25, 0.3) is 0 Å². The molecule has 0 bridgehead atoms. The van der Waals surface area contributed by atoms with Crippen LogP contribution in [0.3, 0.4) is 0 Å². The summed E-state index contributed by atoms with van der Waals surface area (Å²) in [6, 6.07) is 0. The Balaban J connectivity index is 4.95. The van der Waals surface area contributed by atoms with Crippen molar-refractivity contribution in [3.63, 3.8) is 0 Å². The maximum Gasteiger partial charge on any atom is 0.408 e. The molecule has 8 heteroatoms. The fourth-order valence-corrected chi connectivity index (χ4v) is 1.28. The minimum absolute atomic E-state index is 0.228. The molecule has 0 aromatic carbocycles. The zero-order valence-corrected chi connectivity index (χ0v) is 10.4. The average molecular weight is 265 g/mol. The number of hydrogen-bond donors (Lipinski definition) is 3. The molecule has 0 aromatic rings. The number of nitrogens with two attached hydrogens (primary N) is 2. The number of guanidine groups is 1. The summed E-state index contributed by atoms with van der Waals surface area (Å²) in [6.45, 7) is 2.02. The number of aliphatic imine (C=N–C) groups is 2. The lowest BCUT2D eigenvalue weighted by molar-refractivity contribution is -0.118. The van der Waals surface area contributed by atoms with Crippen LogP contribution in [0.25, 0.3) is 0 Å². The van der Waals surface area contributed by atoms with Crippen LogP contribution >= 0.6 is 0 Å². The summed E-state index contributed by atoms with van der Waals surface area (Å²) in [5.74, 6) is -0.453. The van der Waals surface area contributed by atoms with Crippen molar-refractivity contribution in [1.82, 2.24) is 0 Å². The molecule has 0 saturated heterocycles. The van der Waals surface area contributed by atoms with E-state index in [4.69, 9.17) is 16.9 Å². The molecule has 0 fully saturated rings. The van der Waals surface area contributed by atoms with Crippen LogP contribution in [-0.4, -0.2) is 36.1 Å². The van der Waals surface area contributed by atoms with Crippen LogP contribution in [0.4, 0.5) is 13.2 Å². The van der Waals surface area contributed by atoms with E-state index in [0.29, 0.717) is 12.1 Å². The summed E-state index contributed by atoms with van der Waals surface area (Å²) in [7, 11) is 0. The highest BCUT2D eigenvalue weighted by Gasteiger charge is 2.27. The summed E-state index contributed by atoms with van der Waals surface area (Å²) in [5.41, 5.74) is 10.7.